The fourth-order valence-corrected chi connectivity index (χ4v) is 5.97. The summed E-state index contributed by atoms with van der Waals surface area (Å²) in [4.78, 5) is 48.5. The van der Waals surface area contributed by atoms with Gasteiger partial charge < -0.3 is 15.0 Å². The molecule has 4 heterocycles. The van der Waals surface area contributed by atoms with Crippen LogP contribution < -0.4 is 21.2 Å². The molecule has 3 atom stereocenters. The molecular formula is C30H28N6O4. The highest BCUT2D eigenvalue weighted by atomic mass is 16.5. The topological polar surface area (TPSA) is 125 Å². The number of fused-ring (bicyclic) bond motifs is 5. The SMILES string of the molecule is CC(=O)Nc1cccc(-c2cc3c4nc(c(=O)[nH]c4c2)-c2cccc4c(=O)n([nH]c24)CCN2CC(C[C@H]2C)O3)c1. The number of aromatic amines is 2. The van der Waals surface area contributed by atoms with E-state index in [4.69, 9.17) is 9.72 Å². The number of hydrogen-bond donors (Lipinski definition) is 3. The second-order valence-corrected chi connectivity index (χ2v) is 10.7. The Labute approximate surface area is 228 Å². The molecule has 2 aliphatic heterocycles. The van der Waals surface area contributed by atoms with Gasteiger partial charge in [0.15, 0.2) is 0 Å². The molecule has 6 bridgehead atoms. The van der Waals surface area contributed by atoms with E-state index in [1.807, 2.05) is 36.4 Å². The summed E-state index contributed by atoms with van der Waals surface area (Å²) in [7, 11) is 0. The molecule has 3 aromatic carbocycles. The molecule has 0 aliphatic carbocycles. The van der Waals surface area contributed by atoms with E-state index in [2.05, 4.69) is 27.2 Å². The number of para-hydroxylation sites is 1. The first-order valence-corrected chi connectivity index (χ1v) is 13.4. The lowest BCUT2D eigenvalue weighted by Gasteiger charge is -2.21. The Morgan fingerprint density at radius 2 is 1.93 bits per heavy atom. The molecular weight excluding hydrogens is 508 g/mol. The lowest BCUT2D eigenvalue weighted by molar-refractivity contribution is -0.114. The summed E-state index contributed by atoms with van der Waals surface area (Å²) in [5.41, 5.74) is 4.33. The third kappa shape index (κ3) is 4.08. The maximum Gasteiger partial charge on any atom is 0.275 e. The van der Waals surface area contributed by atoms with E-state index in [1.165, 1.54) is 6.92 Å². The molecule has 202 valence electrons. The van der Waals surface area contributed by atoms with E-state index in [-0.39, 0.29) is 34.9 Å². The normalized spacial score (nSPS) is 20.1. The van der Waals surface area contributed by atoms with Gasteiger partial charge in [-0.15, -0.1) is 0 Å². The quantitative estimate of drug-likeness (QED) is 0.316. The minimum atomic E-state index is -0.364. The molecule has 3 N–H and O–H groups in total. The van der Waals surface area contributed by atoms with Gasteiger partial charge in [-0.05, 0) is 48.4 Å². The zero-order valence-corrected chi connectivity index (χ0v) is 22.2. The zero-order chi connectivity index (χ0) is 27.5. The number of amides is 1. The van der Waals surface area contributed by atoms with E-state index in [1.54, 1.807) is 22.9 Å². The number of nitrogens with one attached hydrogen (secondary N) is 3. The van der Waals surface area contributed by atoms with Crippen LogP contribution >= 0.6 is 0 Å². The summed E-state index contributed by atoms with van der Waals surface area (Å²) < 4.78 is 8.25. The number of rotatable bonds is 2. The minimum Gasteiger partial charge on any atom is -0.487 e. The zero-order valence-electron chi connectivity index (χ0n) is 22.2. The van der Waals surface area contributed by atoms with Crippen LogP contribution in [0.4, 0.5) is 5.69 Å². The van der Waals surface area contributed by atoms with Gasteiger partial charge in [0.05, 0.1) is 23.0 Å². The second kappa shape index (κ2) is 9.20. The van der Waals surface area contributed by atoms with E-state index in [0.717, 1.165) is 17.5 Å². The molecule has 2 unspecified atom stereocenters. The molecule has 1 amide bonds. The monoisotopic (exact) mass is 536 g/mol. The molecule has 2 aromatic heterocycles. The van der Waals surface area contributed by atoms with Gasteiger partial charge in [-0.1, -0.05) is 24.3 Å². The van der Waals surface area contributed by atoms with Crippen LogP contribution in [0.5, 0.6) is 5.75 Å². The van der Waals surface area contributed by atoms with Crippen LogP contribution in [-0.4, -0.2) is 55.8 Å². The van der Waals surface area contributed by atoms with Crippen molar-refractivity contribution in [1.82, 2.24) is 24.6 Å². The third-order valence-electron chi connectivity index (χ3n) is 7.89. The van der Waals surface area contributed by atoms with Crippen LogP contribution in [0.2, 0.25) is 0 Å². The van der Waals surface area contributed by atoms with Gasteiger partial charge in [-0.2, -0.15) is 0 Å². The summed E-state index contributed by atoms with van der Waals surface area (Å²) in [6.45, 7) is 5.54. The highest BCUT2D eigenvalue weighted by Crippen LogP contribution is 2.35. The van der Waals surface area contributed by atoms with E-state index in [0.29, 0.717) is 58.6 Å². The number of H-pyrrole nitrogens is 2. The van der Waals surface area contributed by atoms with Crippen molar-refractivity contribution in [3.05, 3.63) is 75.3 Å². The number of benzene rings is 3. The van der Waals surface area contributed by atoms with Crippen molar-refractivity contribution in [3.8, 4) is 28.1 Å². The van der Waals surface area contributed by atoms with E-state index in [9.17, 15) is 14.4 Å². The van der Waals surface area contributed by atoms with Gasteiger partial charge in [0.25, 0.3) is 11.1 Å². The maximum absolute atomic E-state index is 13.5. The fourth-order valence-electron chi connectivity index (χ4n) is 5.97. The Bertz CT molecular complexity index is 1940. The van der Waals surface area contributed by atoms with Crippen LogP contribution in [0.25, 0.3) is 44.3 Å². The number of carbonyl (C=O) groups is 1. The van der Waals surface area contributed by atoms with Crippen molar-refractivity contribution in [1.29, 1.82) is 0 Å². The fraction of sp³-hybridized carbons (Fsp3) is 0.267. The molecule has 10 nitrogen and oxygen atoms in total. The van der Waals surface area contributed by atoms with Crippen molar-refractivity contribution < 1.29 is 9.53 Å². The van der Waals surface area contributed by atoms with E-state index < -0.39 is 0 Å². The predicted octanol–water partition coefficient (Wildman–Crippen LogP) is 3.71. The highest BCUT2D eigenvalue weighted by molar-refractivity contribution is 5.95. The standard InChI is InChI=1S/C30H28N6O4/c1-16-11-21-15-35(16)9-10-36-30(39)23-8-4-7-22(26(23)34-36)27-29(38)32-24-13-19(14-25(40-21)28(24)33-27)18-5-3-6-20(12-18)31-17(2)37/h3-8,12-14,16,21,34H,9-11,15H2,1-2H3,(H,31,37)(H,32,38)/t16-,21?/m1/s1. The van der Waals surface area contributed by atoms with E-state index >= 15 is 0 Å². The number of ether oxygens (including phenoxy) is 1. The van der Waals surface area contributed by atoms with Crippen molar-refractivity contribution >= 4 is 33.5 Å². The number of aromatic nitrogens is 4. The van der Waals surface area contributed by atoms with Crippen LogP contribution in [0, 0.1) is 0 Å². The van der Waals surface area contributed by atoms with Gasteiger partial charge >= 0.3 is 0 Å². The van der Waals surface area contributed by atoms with Crippen molar-refractivity contribution in [3.63, 3.8) is 0 Å². The molecule has 0 radical (unpaired) electrons. The average Bonchev–Trinajstić information content (AvgIpc) is 3.44. The molecule has 2 aliphatic rings. The van der Waals surface area contributed by atoms with Gasteiger partial charge in [0, 0.05) is 43.7 Å². The average molecular weight is 537 g/mol. The van der Waals surface area contributed by atoms with Crippen LogP contribution in [0.3, 0.4) is 0 Å². The van der Waals surface area contributed by atoms with Crippen LogP contribution in [0.15, 0.2) is 64.2 Å². The molecule has 40 heavy (non-hydrogen) atoms. The number of anilines is 1. The summed E-state index contributed by atoms with van der Waals surface area (Å²) in [5, 5.41) is 6.59. The van der Waals surface area contributed by atoms with Gasteiger partial charge in [-0.25, -0.2) is 4.98 Å². The summed E-state index contributed by atoms with van der Waals surface area (Å²) in [6, 6.07) is 17.0. The molecule has 10 heteroatoms. The maximum atomic E-state index is 13.5. The lowest BCUT2D eigenvalue weighted by atomic mass is 10.0. The Kier molecular flexibility index (Phi) is 5.60. The molecule has 0 saturated carbocycles. The number of hydrogen-bond acceptors (Lipinski definition) is 6. The first kappa shape index (κ1) is 24.3. The third-order valence-corrected chi connectivity index (χ3v) is 7.89. The molecule has 7 rings (SSSR count). The lowest BCUT2D eigenvalue weighted by Crippen LogP contribution is -2.33. The number of nitrogens with zero attached hydrogens (tertiary/aromatic N) is 3. The Morgan fingerprint density at radius 3 is 2.77 bits per heavy atom. The minimum absolute atomic E-state index is 0.0851. The van der Waals surface area contributed by atoms with Crippen LogP contribution in [-0.2, 0) is 11.3 Å². The summed E-state index contributed by atoms with van der Waals surface area (Å²) in [5.74, 6) is 0.421. The van der Waals surface area contributed by atoms with Gasteiger partial charge in [0.2, 0.25) is 5.91 Å². The van der Waals surface area contributed by atoms with Crippen molar-refractivity contribution in [2.75, 3.05) is 18.4 Å². The Hall–Kier alpha value is -4.70. The first-order chi connectivity index (χ1) is 19.3. The van der Waals surface area contributed by atoms with Crippen LogP contribution in [0.1, 0.15) is 20.3 Å². The Morgan fingerprint density at radius 1 is 1.07 bits per heavy atom. The molecule has 5 aromatic rings. The van der Waals surface area contributed by atoms with Crippen molar-refractivity contribution in [2.24, 2.45) is 0 Å². The molecule has 1 saturated heterocycles. The summed E-state index contributed by atoms with van der Waals surface area (Å²) in [6.07, 6.45) is 0.738. The van der Waals surface area contributed by atoms with Gasteiger partial charge in [-0.3, -0.25) is 29.1 Å². The predicted molar refractivity (Wildman–Crippen MR) is 154 cm³/mol. The Balaban J connectivity index is 1.47. The molecule has 0 spiro atoms. The smallest absolute Gasteiger partial charge is 0.275 e. The second-order valence-electron chi connectivity index (χ2n) is 10.7. The summed E-state index contributed by atoms with van der Waals surface area (Å²) >= 11 is 0. The van der Waals surface area contributed by atoms with Crippen molar-refractivity contribution in [2.45, 2.75) is 39.0 Å². The highest BCUT2D eigenvalue weighted by Gasteiger charge is 2.31. The molecule has 1 fully saturated rings. The van der Waals surface area contributed by atoms with Gasteiger partial charge in [0.1, 0.15) is 23.1 Å². The number of carbonyl (C=O) groups excluding carboxylic acids is 1. The first-order valence-electron chi connectivity index (χ1n) is 13.4. The largest absolute Gasteiger partial charge is 0.487 e.